The van der Waals surface area contributed by atoms with Gasteiger partial charge in [-0.25, -0.2) is 8.42 Å². The number of sulfonamides is 1. The van der Waals surface area contributed by atoms with E-state index in [2.05, 4.69) is 15.9 Å². The molecule has 0 amide bonds. The van der Waals surface area contributed by atoms with E-state index in [0.717, 1.165) is 4.88 Å². The highest BCUT2D eigenvalue weighted by atomic mass is 79.9. The number of thiophene rings is 1. The second-order valence-corrected chi connectivity index (χ2v) is 7.96. The van der Waals surface area contributed by atoms with Crippen molar-refractivity contribution in [1.82, 2.24) is 4.31 Å². The predicted molar refractivity (Wildman–Crippen MR) is 81.5 cm³/mol. The van der Waals surface area contributed by atoms with E-state index in [9.17, 15) is 8.42 Å². The van der Waals surface area contributed by atoms with E-state index in [4.69, 9.17) is 5.73 Å². The van der Waals surface area contributed by atoms with Crippen molar-refractivity contribution < 1.29 is 8.42 Å². The van der Waals surface area contributed by atoms with Crippen molar-refractivity contribution in [2.75, 3.05) is 12.8 Å². The summed E-state index contributed by atoms with van der Waals surface area (Å²) in [4.78, 5) is 1.20. The van der Waals surface area contributed by atoms with Gasteiger partial charge in [0.1, 0.15) is 0 Å². The molecule has 19 heavy (non-hydrogen) atoms. The Kier molecular flexibility index (Phi) is 4.29. The van der Waals surface area contributed by atoms with Gasteiger partial charge in [-0.3, -0.25) is 0 Å². The molecule has 0 atom stereocenters. The third-order valence-electron chi connectivity index (χ3n) is 2.63. The predicted octanol–water partition coefficient (Wildman–Crippen LogP) is 2.91. The lowest BCUT2D eigenvalue weighted by atomic mass is 10.3. The van der Waals surface area contributed by atoms with Gasteiger partial charge in [-0.15, -0.1) is 11.3 Å². The molecule has 0 radical (unpaired) electrons. The molecule has 0 saturated heterocycles. The summed E-state index contributed by atoms with van der Waals surface area (Å²) in [6.07, 6.45) is 0. The van der Waals surface area contributed by atoms with Crippen LogP contribution >= 0.6 is 27.3 Å². The minimum Gasteiger partial charge on any atom is -0.398 e. The van der Waals surface area contributed by atoms with Crippen LogP contribution in [-0.2, 0) is 16.6 Å². The number of nitrogens with zero attached hydrogens (tertiary/aromatic N) is 1. The van der Waals surface area contributed by atoms with E-state index < -0.39 is 10.0 Å². The number of benzene rings is 1. The molecule has 0 spiro atoms. The molecule has 0 aliphatic heterocycles. The van der Waals surface area contributed by atoms with Crippen LogP contribution in [0, 0.1) is 0 Å². The van der Waals surface area contributed by atoms with E-state index in [1.54, 1.807) is 19.2 Å². The zero-order chi connectivity index (χ0) is 14.0. The lowest BCUT2D eigenvalue weighted by Gasteiger charge is -2.16. The normalized spacial score (nSPS) is 11.9. The van der Waals surface area contributed by atoms with Crippen molar-refractivity contribution in [3.05, 3.63) is 45.1 Å². The van der Waals surface area contributed by atoms with Gasteiger partial charge in [-0.1, -0.05) is 6.07 Å². The number of nitrogens with two attached hydrogens (primary N) is 1. The molecular weight excluding hydrogens is 348 g/mol. The van der Waals surface area contributed by atoms with Crippen LogP contribution in [0.2, 0.25) is 0 Å². The van der Waals surface area contributed by atoms with Crippen LogP contribution in [0.3, 0.4) is 0 Å². The fourth-order valence-electron chi connectivity index (χ4n) is 1.57. The number of halogens is 1. The van der Waals surface area contributed by atoms with Crippen molar-refractivity contribution >= 4 is 43.0 Å². The monoisotopic (exact) mass is 360 g/mol. The fraction of sp³-hybridized carbons (Fsp3) is 0.167. The van der Waals surface area contributed by atoms with Crippen molar-refractivity contribution in [2.45, 2.75) is 11.4 Å². The number of hydrogen-bond acceptors (Lipinski definition) is 4. The maximum Gasteiger partial charge on any atom is 0.243 e. The Morgan fingerprint density at radius 1 is 1.37 bits per heavy atom. The summed E-state index contributed by atoms with van der Waals surface area (Å²) in [5, 5.41) is 1.92. The molecule has 2 N–H and O–H groups in total. The molecule has 1 aromatic carbocycles. The summed E-state index contributed by atoms with van der Waals surface area (Å²) >= 11 is 4.78. The van der Waals surface area contributed by atoms with Crippen LogP contribution in [0.5, 0.6) is 0 Å². The van der Waals surface area contributed by atoms with Crippen LogP contribution in [0.1, 0.15) is 4.88 Å². The molecule has 0 aliphatic carbocycles. The van der Waals surface area contributed by atoms with Gasteiger partial charge in [-0.05, 0) is 45.6 Å². The summed E-state index contributed by atoms with van der Waals surface area (Å²) < 4.78 is 26.8. The topological polar surface area (TPSA) is 63.4 Å². The van der Waals surface area contributed by atoms with Gasteiger partial charge in [-0.2, -0.15) is 4.31 Å². The van der Waals surface area contributed by atoms with Gasteiger partial charge in [0.05, 0.1) is 4.90 Å². The van der Waals surface area contributed by atoms with Crippen LogP contribution in [0.15, 0.2) is 45.1 Å². The maximum atomic E-state index is 12.4. The number of rotatable bonds is 4. The van der Waals surface area contributed by atoms with Crippen molar-refractivity contribution in [3.8, 4) is 0 Å². The van der Waals surface area contributed by atoms with Gasteiger partial charge in [0.2, 0.25) is 10.0 Å². The van der Waals surface area contributed by atoms with Gasteiger partial charge in [0.25, 0.3) is 0 Å². The Bertz CT molecular complexity index is 669. The van der Waals surface area contributed by atoms with Crippen molar-refractivity contribution in [3.63, 3.8) is 0 Å². The van der Waals surface area contributed by atoms with Crippen LogP contribution < -0.4 is 5.73 Å². The molecule has 1 aromatic heterocycles. The SMILES string of the molecule is CN(Cc1cccs1)S(=O)(=O)c1ccc(Br)c(N)c1. The third kappa shape index (κ3) is 3.17. The molecule has 0 aliphatic rings. The minimum absolute atomic E-state index is 0.201. The summed E-state index contributed by atoms with van der Waals surface area (Å²) in [6.45, 7) is 0.357. The molecule has 0 fully saturated rings. The number of nitrogen functional groups attached to an aromatic ring is 1. The fourth-order valence-corrected chi connectivity index (χ4v) is 3.84. The smallest absolute Gasteiger partial charge is 0.243 e. The van der Waals surface area contributed by atoms with E-state index >= 15 is 0 Å². The maximum absolute atomic E-state index is 12.4. The molecule has 2 aromatic rings. The highest BCUT2D eigenvalue weighted by molar-refractivity contribution is 9.10. The molecule has 102 valence electrons. The first kappa shape index (κ1) is 14.5. The second-order valence-electron chi connectivity index (χ2n) is 4.02. The molecule has 0 saturated carbocycles. The number of hydrogen-bond donors (Lipinski definition) is 1. The Morgan fingerprint density at radius 2 is 2.11 bits per heavy atom. The summed E-state index contributed by atoms with van der Waals surface area (Å²) in [7, 11) is -1.95. The average molecular weight is 361 g/mol. The van der Waals surface area contributed by atoms with Crippen LogP contribution in [-0.4, -0.2) is 19.8 Å². The summed E-state index contributed by atoms with van der Waals surface area (Å²) in [6, 6.07) is 8.46. The molecule has 4 nitrogen and oxygen atoms in total. The Balaban J connectivity index is 2.28. The molecule has 0 bridgehead atoms. The van der Waals surface area contributed by atoms with Crippen molar-refractivity contribution in [1.29, 1.82) is 0 Å². The average Bonchev–Trinajstić information content (AvgIpc) is 2.85. The second kappa shape index (κ2) is 5.62. The van der Waals surface area contributed by atoms with E-state index in [-0.39, 0.29) is 4.90 Å². The molecule has 7 heteroatoms. The first-order valence-corrected chi connectivity index (χ1v) is 8.56. The quantitative estimate of drug-likeness (QED) is 0.852. The van der Waals surface area contributed by atoms with E-state index in [1.165, 1.54) is 21.7 Å². The molecule has 1 heterocycles. The zero-order valence-corrected chi connectivity index (χ0v) is 13.4. The minimum atomic E-state index is -3.52. The summed E-state index contributed by atoms with van der Waals surface area (Å²) in [5.74, 6) is 0. The summed E-state index contributed by atoms with van der Waals surface area (Å²) in [5.41, 5.74) is 6.13. The largest absolute Gasteiger partial charge is 0.398 e. The molecule has 2 rings (SSSR count). The Morgan fingerprint density at radius 3 is 2.68 bits per heavy atom. The van der Waals surface area contributed by atoms with Crippen LogP contribution in [0.25, 0.3) is 0 Å². The van der Waals surface area contributed by atoms with Gasteiger partial charge < -0.3 is 5.73 Å². The zero-order valence-electron chi connectivity index (χ0n) is 10.2. The Hall–Kier alpha value is -0.890. The first-order valence-electron chi connectivity index (χ1n) is 5.45. The van der Waals surface area contributed by atoms with Gasteiger partial charge in [0, 0.05) is 28.6 Å². The van der Waals surface area contributed by atoms with Gasteiger partial charge in [0.15, 0.2) is 0 Å². The standard InChI is InChI=1S/C12H13BrN2O2S2/c1-15(8-9-3-2-6-18-9)19(16,17)10-4-5-11(13)12(14)7-10/h2-7H,8,14H2,1H3. The first-order chi connectivity index (χ1) is 8.91. The van der Waals surface area contributed by atoms with Gasteiger partial charge >= 0.3 is 0 Å². The molecule has 0 unspecified atom stereocenters. The van der Waals surface area contributed by atoms with Crippen molar-refractivity contribution in [2.24, 2.45) is 0 Å². The van der Waals surface area contributed by atoms with E-state index in [1.807, 2.05) is 17.5 Å². The molecular formula is C12H13BrN2O2S2. The highest BCUT2D eigenvalue weighted by Gasteiger charge is 2.21. The lowest BCUT2D eigenvalue weighted by Crippen LogP contribution is -2.26. The Labute approximate surface area is 125 Å². The van der Waals surface area contributed by atoms with E-state index in [0.29, 0.717) is 16.7 Å². The van der Waals surface area contributed by atoms with Crippen LogP contribution in [0.4, 0.5) is 5.69 Å². The number of anilines is 1. The third-order valence-corrected chi connectivity index (χ3v) is 6.02. The highest BCUT2D eigenvalue weighted by Crippen LogP contribution is 2.25. The lowest BCUT2D eigenvalue weighted by molar-refractivity contribution is 0.469.